The van der Waals surface area contributed by atoms with Crippen LogP contribution in [0.3, 0.4) is 0 Å². The molecule has 0 saturated carbocycles. The topological polar surface area (TPSA) is 241 Å². The molecule has 1 aliphatic rings. The van der Waals surface area contributed by atoms with Gasteiger partial charge >= 0.3 is 41.8 Å². The second kappa shape index (κ2) is 17.6. The summed E-state index contributed by atoms with van der Waals surface area (Å²) in [6.07, 6.45) is -1.45. The van der Waals surface area contributed by atoms with Crippen molar-refractivity contribution in [2.45, 2.75) is 60.5 Å². The van der Waals surface area contributed by atoms with Crippen LogP contribution in [0.2, 0.25) is 0 Å². The molecule has 2 atom stereocenters. The lowest BCUT2D eigenvalue weighted by molar-refractivity contribution is -0.134. The van der Waals surface area contributed by atoms with E-state index in [0.717, 1.165) is 59.7 Å². The standard InChI is InChI=1S/C44H34O18/c1-19(45)54-28-11-8-26(9-12-28)43-41(42(53)39-34(58-23(5)49)15-29(55-20(2)46)16-35(39)62-43)40-37(60-25(7)51)18-36(59-24(6)50)38-30(52)17-32(61-44(38)40)27-10-13-31(56-21(3)47)33(14-27)57-22(4)48/h8-18,41,43H,1-7H3/t41-,43+/m0/s1. The number of carbonyl (C=O) groups is 8. The summed E-state index contributed by atoms with van der Waals surface area (Å²) in [7, 11) is 0. The SMILES string of the molecule is CC(=O)Oc1ccc([C@H]2Oc3cc(OC(C)=O)cc(OC(C)=O)c3C(=O)[C@@H]2c2c(OC(C)=O)cc(OC(C)=O)c3c(=O)cc(-c4ccc(OC(C)=O)c(OC(C)=O)c4)oc23)cc1. The molecule has 4 aromatic carbocycles. The Balaban J connectivity index is 1.73. The van der Waals surface area contributed by atoms with Crippen LogP contribution >= 0.6 is 0 Å². The Morgan fingerprint density at radius 3 is 1.63 bits per heavy atom. The monoisotopic (exact) mass is 850 g/mol. The van der Waals surface area contributed by atoms with E-state index in [0.29, 0.717) is 0 Å². The molecule has 6 rings (SSSR count). The predicted octanol–water partition coefficient (Wildman–Crippen LogP) is 6.04. The Morgan fingerprint density at radius 2 is 1.03 bits per heavy atom. The third-order valence-corrected chi connectivity index (χ3v) is 8.63. The fraction of sp³-hybridized carbons (Fsp3) is 0.205. The molecule has 62 heavy (non-hydrogen) atoms. The van der Waals surface area contributed by atoms with Crippen LogP contribution in [-0.4, -0.2) is 47.6 Å². The van der Waals surface area contributed by atoms with Crippen LogP contribution in [0.4, 0.5) is 0 Å². The van der Waals surface area contributed by atoms with Crippen LogP contribution < -0.4 is 43.3 Å². The summed E-state index contributed by atoms with van der Waals surface area (Å²) in [6.45, 7) is 7.70. The van der Waals surface area contributed by atoms with Crippen molar-refractivity contribution in [1.29, 1.82) is 0 Å². The average Bonchev–Trinajstić information content (AvgIpc) is 3.14. The van der Waals surface area contributed by atoms with E-state index in [1.807, 2.05) is 0 Å². The van der Waals surface area contributed by atoms with Gasteiger partial charge in [-0.2, -0.15) is 0 Å². The summed E-state index contributed by atoms with van der Waals surface area (Å²) < 4.78 is 50.4. The number of ether oxygens (including phenoxy) is 8. The smallest absolute Gasteiger partial charge is 0.308 e. The van der Waals surface area contributed by atoms with Crippen LogP contribution in [0.25, 0.3) is 22.3 Å². The van der Waals surface area contributed by atoms with Crippen LogP contribution in [0, 0.1) is 0 Å². The van der Waals surface area contributed by atoms with E-state index >= 15 is 4.79 Å². The minimum Gasteiger partial charge on any atom is -0.484 e. The Labute approximate surface area is 350 Å². The number of ketones is 1. The summed E-state index contributed by atoms with van der Waals surface area (Å²) in [5, 5.41) is -0.403. The van der Waals surface area contributed by atoms with Crippen molar-refractivity contribution in [2.24, 2.45) is 0 Å². The molecule has 318 valence electrons. The van der Waals surface area contributed by atoms with Crippen molar-refractivity contribution < 1.29 is 80.7 Å². The summed E-state index contributed by atoms with van der Waals surface area (Å²) in [6, 6.07) is 14.0. The first-order chi connectivity index (χ1) is 29.3. The van der Waals surface area contributed by atoms with Crippen molar-refractivity contribution in [3.8, 4) is 57.3 Å². The molecule has 18 nitrogen and oxygen atoms in total. The molecule has 0 radical (unpaired) electrons. The van der Waals surface area contributed by atoms with Crippen molar-refractivity contribution in [1.82, 2.24) is 0 Å². The van der Waals surface area contributed by atoms with E-state index in [9.17, 15) is 38.4 Å². The zero-order valence-electron chi connectivity index (χ0n) is 33.9. The molecular formula is C44H34O18. The van der Waals surface area contributed by atoms with Gasteiger partial charge in [-0.1, -0.05) is 12.1 Å². The van der Waals surface area contributed by atoms with E-state index in [2.05, 4.69) is 0 Å². The van der Waals surface area contributed by atoms with Crippen LogP contribution in [0.5, 0.6) is 46.0 Å². The van der Waals surface area contributed by atoms with E-state index in [4.69, 9.17) is 42.3 Å². The van der Waals surface area contributed by atoms with Crippen molar-refractivity contribution in [2.75, 3.05) is 0 Å². The summed E-state index contributed by atoms with van der Waals surface area (Å²) in [4.78, 5) is 115. The number of hydrogen-bond donors (Lipinski definition) is 0. The minimum atomic E-state index is -1.69. The number of hydrogen-bond acceptors (Lipinski definition) is 18. The van der Waals surface area contributed by atoms with E-state index in [1.54, 1.807) is 0 Å². The van der Waals surface area contributed by atoms with Gasteiger partial charge in [-0.05, 0) is 35.9 Å². The maximum atomic E-state index is 15.3. The van der Waals surface area contributed by atoms with Gasteiger partial charge in [-0.15, -0.1) is 0 Å². The van der Waals surface area contributed by atoms with Gasteiger partial charge in [0.15, 0.2) is 22.7 Å². The molecular weight excluding hydrogens is 816 g/mol. The van der Waals surface area contributed by atoms with Gasteiger partial charge in [0, 0.05) is 78.3 Å². The molecule has 0 spiro atoms. The second-order valence-corrected chi connectivity index (χ2v) is 13.5. The second-order valence-electron chi connectivity index (χ2n) is 13.5. The van der Waals surface area contributed by atoms with Crippen LogP contribution in [0.1, 0.15) is 82.0 Å². The highest BCUT2D eigenvalue weighted by atomic mass is 16.6. The first kappa shape index (κ1) is 43.4. The molecule has 0 bridgehead atoms. The summed E-state index contributed by atoms with van der Waals surface area (Å²) >= 11 is 0. The number of esters is 7. The lowest BCUT2D eigenvalue weighted by Gasteiger charge is -2.34. The van der Waals surface area contributed by atoms with Gasteiger partial charge in [-0.3, -0.25) is 43.2 Å². The van der Waals surface area contributed by atoms with E-state index in [-0.39, 0.29) is 56.8 Å². The van der Waals surface area contributed by atoms with Gasteiger partial charge in [-0.25, -0.2) is 0 Å². The third kappa shape index (κ3) is 9.49. The van der Waals surface area contributed by atoms with Crippen LogP contribution in [-0.2, 0) is 33.6 Å². The summed E-state index contributed by atoms with van der Waals surface area (Å²) in [5.74, 6) is -10.3. The zero-order valence-corrected chi connectivity index (χ0v) is 33.9. The predicted molar refractivity (Wildman–Crippen MR) is 210 cm³/mol. The van der Waals surface area contributed by atoms with Gasteiger partial charge in [0.05, 0.1) is 11.5 Å². The molecule has 1 aliphatic heterocycles. The fourth-order valence-electron chi connectivity index (χ4n) is 6.64. The molecule has 1 aromatic heterocycles. The highest BCUT2D eigenvalue weighted by molar-refractivity contribution is 6.10. The molecule has 0 saturated heterocycles. The Hall–Kier alpha value is -8.15. The third-order valence-electron chi connectivity index (χ3n) is 8.63. The molecule has 2 heterocycles. The van der Waals surface area contributed by atoms with Gasteiger partial charge in [0.1, 0.15) is 62.9 Å². The summed E-state index contributed by atoms with van der Waals surface area (Å²) in [5.41, 5.74) is -1.65. The largest absolute Gasteiger partial charge is 0.484 e. The maximum absolute atomic E-state index is 15.3. The van der Waals surface area contributed by atoms with Crippen molar-refractivity contribution in [3.63, 3.8) is 0 Å². The first-order valence-electron chi connectivity index (χ1n) is 18.4. The Morgan fingerprint density at radius 1 is 0.500 bits per heavy atom. The highest BCUT2D eigenvalue weighted by Crippen LogP contribution is 2.53. The minimum absolute atomic E-state index is 0.0679. The number of fused-ring (bicyclic) bond motifs is 2. The zero-order chi connectivity index (χ0) is 45.2. The lowest BCUT2D eigenvalue weighted by Crippen LogP contribution is -2.31. The number of Topliss-reactive ketones (excluding diaryl/α,β-unsaturated/α-hetero) is 1. The first-order valence-corrected chi connectivity index (χ1v) is 18.4. The van der Waals surface area contributed by atoms with Gasteiger partial charge in [0.2, 0.25) is 0 Å². The van der Waals surface area contributed by atoms with Crippen molar-refractivity contribution >= 4 is 58.5 Å². The molecule has 0 N–H and O–H groups in total. The molecule has 0 fully saturated rings. The molecule has 18 heteroatoms. The van der Waals surface area contributed by atoms with Gasteiger partial charge < -0.3 is 42.3 Å². The van der Waals surface area contributed by atoms with Crippen LogP contribution in [0.15, 0.2) is 75.9 Å². The maximum Gasteiger partial charge on any atom is 0.308 e. The van der Waals surface area contributed by atoms with E-state index in [1.165, 1.54) is 55.5 Å². The number of benzene rings is 4. The van der Waals surface area contributed by atoms with E-state index < -0.39 is 93.2 Å². The normalized spacial score (nSPS) is 14.1. The Kier molecular flexibility index (Phi) is 12.3. The number of rotatable bonds is 10. The quantitative estimate of drug-likeness (QED) is 0.115. The lowest BCUT2D eigenvalue weighted by atomic mass is 9.79. The fourth-order valence-corrected chi connectivity index (χ4v) is 6.64. The molecule has 0 unspecified atom stereocenters. The molecule has 0 aliphatic carbocycles. The Bertz CT molecular complexity index is 2800. The number of carbonyl (C=O) groups excluding carboxylic acids is 8. The molecule has 0 amide bonds. The highest BCUT2D eigenvalue weighted by Gasteiger charge is 2.45. The molecule has 5 aromatic rings. The average molecular weight is 851 g/mol. The van der Waals surface area contributed by atoms with Crippen molar-refractivity contribution in [3.05, 3.63) is 93.6 Å². The van der Waals surface area contributed by atoms with Gasteiger partial charge in [0.25, 0.3) is 0 Å².